The summed E-state index contributed by atoms with van der Waals surface area (Å²) in [6.45, 7) is 4.17. The molecule has 1 aliphatic heterocycles. The molecule has 0 unspecified atom stereocenters. The Balaban J connectivity index is 1.68. The molecule has 2 aromatic heterocycles. The Labute approximate surface area is 145 Å². The van der Waals surface area contributed by atoms with Crippen molar-refractivity contribution in [1.29, 1.82) is 0 Å². The molecule has 0 atom stereocenters. The van der Waals surface area contributed by atoms with Crippen LogP contribution in [0.2, 0.25) is 0 Å². The van der Waals surface area contributed by atoms with E-state index in [1.54, 1.807) is 18.3 Å². The molecule has 1 N–H and O–H groups in total. The van der Waals surface area contributed by atoms with Crippen molar-refractivity contribution >= 4 is 22.8 Å². The molecule has 1 fully saturated rings. The zero-order valence-corrected chi connectivity index (χ0v) is 14.3. The second-order valence-corrected chi connectivity index (χ2v) is 6.12. The number of carbonyl (C=O) groups excluding carboxylic acids is 2. The van der Waals surface area contributed by atoms with Crippen LogP contribution in [0.15, 0.2) is 29.2 Å². The number of rotatable bonds is 6. The third-order valence-corrected chi connectivity index (χ3v) is 4.47. The maximum Gasteiger partial charge on any atom is 0.265 e. The third-order valence-electron chi connectivity index (χ3n) is 4.47. The average Bonchev–Trinajstić information content (AvgIpc) is 3.03. The quantitative estimate of drug-likeness (QED) is 0.799. The lowest BCUT2D eigenvalue weighted by Crippen LogP contribution is -2.35. The van der Waals surface area contributed by atoms with Gasteiger partial charge in [-0.25, -0.2) is 4.98 Å². The number of aryl methyl sites for hydroxylation is 1. The van der Waals surface area contributed by atoms with E-state index >= 15 is 0 Å². The highest BCUT2D eigenvalue weighted by molar-refractivity contribution is 5.96. The number of fused-ring (bicyclic) bond motifs is 1. The fourth-order valence-corrected chi connectivity index (χ4v) is 3.17. The van der Waals surface area contributed by atoms with E-state index in [-0.39, 0.29) is 22.9 Å². The molecule has 0 spiro atoms. The Morgan fingerprint density at radius 3 is 2.92 bits per heavy atom. The molecule has 7 nitrogen and oxygen atoms in total. The highest BCUT2D eigenvalue weighted by Crippen LogP contribution is 2.11. The van der Waals surface area contributed by atoms with Gasteiger partial charge in [0.25, 0.3) is 11.5 Å². The zero-order chi connectivity index (χ0) is 17.8. The van der Waals surface area contributed by atoms with Gasteiger partial charge in [-0.05, 0) is 38.0 Å². The summed E-state index contributed by atoms with van der Waals surface area (Å²) in [5.74, 6) is -0.204. The Morgan fingerprint density at radius 2 is 2.20 bits per heavy atom. The molecule has 0 aromatic carbocycles. The van der Waals surface area contributed by atoms with Crippen molar-refractivity contribution in [1.82, 2.24) is 19.8 Å². The van der Waals surface area contributed by atoms with Crippen LogP contribution in [-0.4, -0.2) is 45.9 Å². The molecule has 7 heteroatoms. The van der Waals surface area contributed by atoms with E-state index in [2.05, 4.69) is 10.3 Å². The number of likely N-dealkylation sites (tertiary alicyclic amines) is 1. The van der Waals surface area contributed by atoms with Crippen molar-refractivity contribution < 1.29 is 9.59 Å². The molecule has 2 aromatic rings. The van der Waals surface area contributed by atoms with Gasteiger partial charge in [0.05, 0.1) is 0 Å². The topological polar surface area (TPSA) is 84.3 Å². The van der Waals surface area contributed by atoms with Crippen LogP contribution in [-0.2, 0) is 11.3 Å². The summed E-state index contributed by atoms with van der Waals surface area (Å²) in [6.07, 6.45) is 3.84. The van der Waals surface area contributed by atoms with Crippen molar-refractivity contribution in [2.24, 2.45) is 0 Å². The standard InChI is InChI=1S/C18H22N4O3/c1-2-22-16-13(6-3-8-19-16)12-14(18(22)25)17(24)20-9-5-11-21-10-4-7-15(21)23/h3,6,8,12H,2,4-5,7,9-11H2,1H3,(H,20,24). The first-order valence-electron chi connectivity index (χ1n) is 8.66. The molecule has 2 amide bonds. The SMILES string of the molecule is CCn1c(=O)c(C(=O)NCCCN2CCCC2=O)cc2cccnc21. The predicted molar refractivity (Wildman–Crippen MR) is 94.4 cm³/mol. The molecule has 1 aliphatic rings. The Hall–Kier alpha value is -2.70. The number of hydrogen-bond acceptors (Lipinski definition) is 4. The van der Waals surface area contributed by atoms with E-state index < -0.39 is 0 Å². The number of hydrogen-bond donors (Lipinski definition) is 1. The number of aromatic nitrogens is 2. The number of amides is 2. The summed E-state index contributed by atoms with van der Waals surface area (Å²) in [5.41, 5.74) is 0.375. The van der Waals surface area contributed by atoms with E-state index in [1.807, 2.05) is 17.9 Å². The summed E-state index contributed by atoms with van der Waals surface area (Å²) < 4.78 is 1.51. The van der Waals surface area contributed by atoms with Crippen LogP contribution in [0.4, 0.5) is 0 Å². The summed E-state index contributed by atoms with van der Waals surface area (Å²) in [4.78, 5) is 42.6. The molecule has 0 radical (unpaired) electrons. The smallest absolute Gasteiger partial charge is 0.265 e. The monoisotopic (exact) mass is 342 g/mol. The van der Waals surface area contributed by atoms with Crippen LogP contribution in [0.1, 0.15) is 36.5 Å². The highest BCUT2D eigenvalue weighted by Gasteiger charge is 2.19. The molecular formula is C18H22N4O3. The zero-order valence-electron chi connectivity index (χ0n) is 14.3. The molecule has 25 heavy (non-hydrogen) atoms. The van der Waals surface area contributed by atoms with E-state index in [4.69, 9.17) is 0 Å². The van der Waals surface area contributed by atoms with Gasteiger partial charge in [-0.2, -0.15) is 0 Å². The van der Waals surface area contributed by atoms with Crippen LogP contribution >= 0.6 is 0 Å². The first-order chi connectivity index (χ1) is 12.1. The van der Waals surface area contributed by atoms with Crippen molar-refractivity contribution in [2.45, 2.75) is 32.7 Å². The second kappa shape index (κ2) is 7.46. The fraction of sp³-hybridized carbons (Fsp3) is 0.444. The van der Waals surface area contributed by atoms with E-state index in [9.17, 15) is 14.4 Å². The normalized spacial score (nSPS) is 14.3. The van der Waals surface area contributed by atoms with Crippen LogP contribution in [0.25, 0.3) is 11.0 Å². The van der Waals surface area contributed by atoms with Crippen LogP contribution in [0.3, 0.4) is 0 Å². The average molecular weight is 342 g/mol. The molecule has 3 rings (SSSR count). The second-order valence-electron chi connectivity index (χ2n) is 6.12. The maximum atomic E-state index is 12.5. The van der Waals surface area contributed by atoms with E-state index in [0.717, 1.165) is 18.4 Å². The van der Waals surface area contributed by atoms with Gasteiger partial charge in [-0.1, -0.05) is 0 Å². The van der Waals surface area contributed by atoms with Gasteiger partial charge in [-0.3, -0.25) is 19.0 Å². The van der Waals surface area contributed by atoms with Gasteiger partial charge in [0, 0.05) is 44.2 Å². The summed E-state index contributed by atoms with van der Waals surface area (Å²) in [5, 5.41) is 3.54. The first-order valence-corrected chi connectivity index (χ1v) is 8.66. The number of pyridine rings is 2. The maximum absolute atomic E-state index is 12.5. The molecule has 0 aliphatic carbocycles. The van der Waals surface area contributed by atoms with Gasteiger partial charge >= 0.3 is 0 Å². The van der Waals surface area contributed by atoms with Gasteiger partial charge in [0.1, 0.15) is 11.2 Å². The van der Waals surface area contributed by atoms with Gasteiger partial charge in [0.15, 0.2) is 0 Å². The molecule has 3 heterocycles. The molecule has 0 bridgehead atoms. The molecule has 1 saturated heterocycles. The lowest BCUT2D eigenvalue weighted by atomic mass is 10.2. The fourth-order valence-electron chi connectivity index (χ4n) is 3.17. The molecular weight excluding hydrogens is 320 g/mol. The number of nitrogens with one attached hydrogen (secondary N) is 1. The van der Waals surface area contributed by atoms with Crippen molar-refractivity contribution in [3.8, 4) is 0 Å². The molecule has 132 valence electrons. The lowest BCUT2D eigenvalue weighted by molar-refractivity contribution is -0.127. The Morgan fingerprint density at radius 1 is 1.36 bits per heavy atom. The lowest BCUT2D eigenvalue weighted by Gasteiger charge is -2.15. The van der Waals surface area contributed by atoms with E-state index in [0.29, 0.717) is 38.1 Å². The Kier molecular flexibility index (Phi) is 5.11. The van der Waals surface area contributed by atoms with Crippen molar-refractivity contribution in [3.63, 3.8) is 0 Å². The van der Waals surface area contributed by atoms with Crippen LogP contribution in [0.5, 0.6) is 0 Å². The summed E-state index contributed by atoms with van der Waals surface area (Å²) >= 11 is 0. The highest BCUT2D eigenvalue weighted by atomic mass is 16.2. The minimum absolute atomic E-state index is 0.125. The van der Waals surface area contributed by atoms with Crippen molar-refractivity contribution in [3.05, 3.63) is 40.3 Å². The van der Waals surface area contributed by atoms with Crippen LogP contribution in [0, 0.1) is 0 Å². The summed E-state index contributed by atoms with van der Waals surface area (Å²) in [7, 11) is 0. The molecule has 0 saturated carbocycles. The minimum Gasteiger partial charge on any atom is -0.352 e. The summed E-state index contributed by atoms with van der Waals surface area (Å²) in [6, 6.07) is 5.21. The number of carbonyl (C=O) groups is 2. The largest absolute Gasteiger partial charge is 0.352 e. The van der Waals surface area contributed by atoms with Crippen LogP contribution < -0.4 is 10.9 Å². The predicted octanol–water partition coefficient (Wildman–Crippen LogP) is 1.16. The van der Waals surface area contributed by atoms with Crippen molar-refractivity contribution in [2.75, 3.05) is 19.6 Å². The third kappa shape index (κ3) is 3.55. The van der Waals surface area contributed by atoms with E-state index in [1.165, 1.54) is 4.57 Å². The first kappa shape index (κ1) is 17.1. The Bertz CT molecular complexity index is 859. The minimum atomic E-state index is -0.384. The van der Waals surface area contributed by atoms with Gasteiger partial charge in [-0.15, -0.1) is 0 Å². The number of nitrogens with zero attached hydrogens (tertiary/aromatic N) is 3. The van der Waals surface area contributed by atoms with Gasteiger partial charge in [0.2, 0.25) is 5.91 Å². The van der Waals surface area contributed by atoms with Gasteiger partial charge < -0.3 is 10.2 Å².